The normalized spacial score (nSPS) is 10.2. The maximum Gasteiger partial charge on any atom is 0.345 e. The van der Waals surface area contributed by atoms with Crippen LogP contribution in [0, 0.1) is 6.92 Å². The lowest BCUT2D eigenvalue weighted by Gasteiger charge is -2.00. The Morgan fingerprint density at radius 1 is 1.60 bits per heavy atom. The lowest BCUT2D eigenvalue weighted by atomic mass is 10.2. The van der Waals surface area contributed by atoms with Crippen LogP contribution in [-0.2, 0) is 11.3 Å². The van der Waals surface area contributed by atoms with Crippen LogP contribution in [0.1, 0.15) is 20.1 Å². The number of rotatable bonds is 5. The molecule has 5 nitrogen and oxygen atoms in total. The van der Waals surface area contributed by atoms with E-state index in [4.69, 9.17) is 10.8 Å². The molecule has 1 heterocycles. The molecular weight excluding hydrogens is 216 g/mol. The van der Waals surface area contributed by atoms with Crippen LogP contribution >= 0.6 is 11.3 Å². The third kappa shape index (κ3) is 3.34. The van der Waals surface area contributed by atoms with Gasteiger partial charge in [0.15, 0.2) is 0 Å². The van der Waals surface area contributed by atoms with Gasteiger partial charge < -0.3 is 16.2 Å². The molecule has 1 aromatic rings. The van der Waals surface area contributed by atoms with E-state index in [1.807, 2.05) is 6.92 Å². The molecular formula is C9H12N2O3S. The van der Waals surface area contributed by atoms with Gasteiger partial charge in [0.05, 0.1) is 6.54 Å². The number of nitrogens with two attached hydrogens (primary N) is 1. The van der Waals surface area contributed by atoms with Gasteiger partial charge in [-0.25, -0.2) is 4.79 Å². The summed E-state index contributed by atoms with van der Waals surface area (Å²) in [4.78, 5) is 22.4. The van der Waals surface area contributed by atoms with Crippen molar-refractivity contribution in [3.63, 3.8) is 0 Å². The summed E-state index contributed by atoms with van der Waals surface area (Å²) in [5.41, 5.74) is 5.84. The van der Waals surface area contributed by atoms with Crippen molar-refractivity contribution in [2.75, 3.05) is 6.54 Å². The van der Waals surface area contributed by atoms with Crippen LogP contribution in [0.25, 0.3) is 0 Å². The van der Waals surface area contributed by atoms with Crippen molar-refractivity contribution in [2.45, 2.75) is 13.5 Å². The first-order chi connectivity index (χ1) is 7.00. The van der Waals surface area contributed by atoms with Crippen molar-refractivity contribution in [1.82, 2.24) is 5.32 Å². The fraction of sp³-hybridized carbons (Fsp3) is 0.333. The van der Waals surface area contributed by atoms with Gasteiger partial charge in [-0.3, -0.25) is 4.79 Å². The van der Waals surface area contributed by atoms with Crippen LogP contribution in [0.4, 0.5) is 0 Å². The summed E-state index contributed by atoms with van der Waals surface area (Å²) in [5.74, 6) is -1.36. The highest BCUT2D eigenvalue weighted by molar-refractivity contribution is 7.14. The molecule has 0 aromatic carbocycles. The van der Waals surface area contributed by atoms with Crippen LogP contribution in [0.15, 0.2) is 6.07 Å². The van der Waals surface area contributed by atoms with Gasteiger partial charge in [0.1, 0.15) is 4.88 Å². The summed E-state index contributed by atoms with van der Waals surface area (Å²) in [7, 11) is 0. The summed E-state index contributed by atoms with van der Waals surface area (Å²) in [6, 6.07) is 1.61. The first-order valence-electron chi connectivity index (χ1n) is 4.32. The summed E-state index contributed by atoms with van der Waals surface area (Å²) >= 11 is 1.23. The minimum Gasteiger partial charge on any atom is -0.477 e. The SMILES string of the molecule is Cc1sc(C(=O)O)cc1CNCC(N)=O. The molecule has 4 N–H and O–H groups in total. The lowest BCUT2D eigenvalue weighted by molar-refractivity contribution is -0.117. The quantitative estimate of drug-likeness (QED) is 0.677. The Morgan fingerprint density at radius 3 is 2.73 bits per heavy atom. The molecule has 1 amide bonds. The zero-order valence-electron chi connectivity index (χ0n) is 8.24. The molecule has 0 spiro atoms. The van der Waals surface area contributed by atoms with Crippen LogP contribution in [0.2, 0.25) is 0 Å². The van der Waals surface area contributed by atoms with E-state index in [0.29, 0.717) is 11.4 Å². The van der Waals surface area contributed by atoms with Crippen molar-refractivity contribution in [3.8, 4) is 0 Å². The number of carboxylic acids is 1. The van der Waals surface area contributed by atoms with Crippen molar-refractivity contribution < 1.29 is 14.7 Å². The number of nitrogens with one attached hydrogen (secondary N) is 1. The molecule has 0 atom stereocenters. The maximum atomic E-state index is 10.7. The maximum absolute atomic E-state index is 10.7. The summed E-state index contributed by atoms with van der Waals surface area (Å²) in [5, 5.41) is 11.6. The Bertz CT molecular complexity index is 387. The Hall–Kier alpha value is -1.40. The number of carbonyl (C=O) groups excluding carboxylic acids is 1. The molecule has 1 aromatic heterocycles. The van der Waals surface area contributed by atoms with E-state index >= 15 is 0 Å². The molecule has 0 aliphatic heterocycles. The van der Waals surface area contributed by atoms with E-state index in [-0.39, 0.29) is 6.54 Å². The van der Waals surface area contributed by atoms with E-state index < -0.39 is 11.9 Å². The minimum absolute atomic E-state index is 0.0949. The van der Waals surface area contributed by atoms with E-state index in [1.54, 1.807) is 6.07 Å². The number of aryl methyl sites for hydroxylation is 1. The Labute approximate surface area is 90.9 Å². The van der Waals surface area contributed by atoms with Crippen LogP contribution in [-0.4, -0.2) is 23.5 Å². The predicted molar refractivity (Wildman–Crippen MR) is 56.9 cm³/mol. The number of hydrogen-bond donors (Lipinski definition) is 3. The Morgan fingerprint density at radius 2 is 2.27 bits per heavy atom. The topological polar surface area (TPSA) is 92.4 Å². The molecule has 1 rings (SSSR count). The van der Waals surface area contributed by atoms with E-state index in [1.165, 1.54) is 11.3 Å². The lowest BCUT2D eigenvalue weighted by Crippen LogP contribution is -2.28. The van der Waals surface area contributed by atoms with Crippen molar-refractivity contribution in [3.05, 3.63) is 21.4 Å². The second kappa shape index (κ2) is 4.90. The van der Waals surface area contributed by atoms with E-state index in [9.17, 15) is 9.59 Å². The molecule has 0 aliphatic carbocycles. The molecule has 0 unspecified atom stereocenters. The first-order valence-corrected chi connectivity index (χ1v) is 5.14. The monoisotopic (exact) mass is 228 g/mol. The second-order valence-electron chi connectivity index (χ2n) is 3.07. The number of aromatic carboxylic acids is 1. The number of primary amides is 1. The number of amides is 1. The molecule has 0 bridgehead atoms. The molecule has 0 aliphatic rings. The number of carbonyl (C=O) groups is 2. The second-order valence-corrected chi connectivity index (χ2v) is 4.32. The van der Waals surface area contributed by atoms with Crippen LogP contribution < -0.4 is 11.1 Å². The minimum atomic E-state index is -0.927. The molecule has 15 heavy (non-hydrogen) atoms. The van der Waals surface area contributed by atoms with E-state index in [2.05, 4.69) is 5.32 Å². The smallest absolute Gasteiger partial charge is 0.345 e. The molecule has 82 valence electrons. The van der Waals surface area contributed by atoms with Gasteiger partial charge >= 0.3 is 5.97 Å². The summed E-state index contributed by atoms with van der Waals surface area (Å²) < 4.78 is 0. The van der Waals surface area contributed by atoms with Gasteiger partial charge in [-0.05, 0) is 18.6 Å². The highest BCUT2D eigenvalue weighted by Gasteiger charge is 2.10. The highest BCUT2D eigenvalue weighted by Crippen LogP contribution is 2.21. The Kier molecular flexibility index (Phi) is 3.81. The van der Waals surface area contributed by atoms with Gasteiger partial charge in [0.2, 0.25) is 5.91 Å². The fourth-order valence-electron chi connectivity index (χ4n) is 1.12. The van der Waals surface area contributed by atoms with Gasteiger partial charge in [0.25, 0.3) is 0 Å². The molecule has 6 heteroatoms. The third-order valence-electron chi connectivity index (χ3n) is 1.85. The van der Waals surface area contributed by atoms with Crippen LogP contribution in [0.5, 0.6) is 0 Å². The van der Waals surface area contributed by atoms with Gasteiger partial charge in [-0.15, -0.1) is 11.3 Å². The summed E-state index contributed by atoms with van der Waals surface area (Å²) in [6.45, 7) is 2.40. The van der Waals surface area contributed by atoms with E-state index in [0.717, 1.165) is 10.4 Å². The molecule has 0 fully saturated rings. The predicted octanol–water partition coefficient (Wildman–Crippen LogP) is 0.330. The average molecular weight is 228 g/mol. The van der Waals surface area contributed by atoms with Gasteiger partial charge in [-0.1, -0.05) is 0 Å². The molecule has 0 saturated heterocycles. The van der Waals surface area contributed by atoms with Crippen molar-refractivity contribution in [1.29, 1.82) is 0 Å². The number of carboxylic acid groups (broad SMARTS) is 1. The first kappa shape index (κ1) is 11.7. The number of hydrogen-bond acceptors (Lipinski definition) is 4. The fourth-order valence-corrected chi connectivity index (χ4v) is 2.00. The van der Waals surface area contributed by atoms with Gasteiger partial charge in [0, 0.05) is 11.4 Å². The highest BCUT2D eigenvalue weighted by atomic mass is 32.1. The van der Waals surface area contributed by atoms with Gasteiger partial charge in [-0.2, -0.15) is 0 Å². The Balaban J connectivity index is 2.61. The van der Waals surface area contributed by atoms with Crippen LogP contribution in [0.3, 0.4) is 0 Å². The van der Waals surface area contributed by atoms with Crippen molar-refractivity contribution >= 4 is 23.2 Å². The van der Waals surface area contributed by atoms with Crippen molar-refractivity contribution in [2.24, 2.45) is 5.73 Å². The zero-order valence-corrected chi connectivity index (χ0v) is 9.06. The largest absolute Gasteiger partial charge is 0.477 e. The molecule has 0 radical (unpaired) electrons. The summed E-state index contributed by atoms with van der Waals surface area (Å²) in [6.07, 6.45) is 0. The zero-order chi connectivity index (χ0) is 11.4. The average Bonchev–Trinajstić information content (AvgIpc) is 2.47. The molecule has 0 saturated carbocycles. The third-order valence-corrected chi connectivity index (χ3v) is 2.93. The standard InChI is InChI=1S/C9H12N2O3S/c1-5-6(3-11-4-8(10)12)2-7(15-5)9(13)14/h2,11H,3-4H2,1H3,(H2,10,12)(H,13,14). The number of thiophene rings is 1.